The molecule has 0 spiro atoms. The second-order valence-electron chi connectivity index (χ2n) is 5.63. The van der Waals surface area contributed by atoms with Crippen LogP contribution in [0.4, 0.5) is 14.5 Å². The number of primary amides is 1. The van der Waals surface area contributed by atoms with E-state index in [2.05, 4.69) is 4.98 Å². The fourth-order valence-electron chi connectivity index (χ4n) is 2.86. The van der Waals surface area contributed by atoms with Crippen LogP contribution in [0.5, 0.6) is 0 Å². The highest BCUT2D eigenvalue weighted by Gasteiger charge is 2.27. The highest BCUT2D eigenvalue weighted by molar-refractivity contribution is 5.98. The molecule has 0 unspecified atom stereocenters. The van der Waals surface area contributed by atoms with Crippen LogP contribution in [-0.2, 0) is 0 Å². The van der Waals surface area contributed by atoms with E-state index < -0.39 is 29.0 Å². The standard InChI is InChI=1S/C17H16F2N4O2/c18-12-2-1-3-13(19)15(12)17(25)23-8-6-22(7-9-23)14-4-5-21-10-11(14)16(20)24/h1-5,10H,6-9H2,(H2,20,24). The summed E-state index contributed by atoms with van der Waals surface area (Å²) in [6.45, 7) is 1.36. The minimum atomic E-state index is -0.877. The molecule has 1 aliphatic rings. The maximum atomic E-state index is 13.8. The molecule has 1 aliphatic heterocycles. The number of carbonyl (C=O) groups excluding carboxylic acids is 2. The Kier molecular flexibility index (Phi) is 4.60. The molecule has 25 heavy (non-hydrogen) atoms. The molecule has 0 radical (unpaired) electrons. The van der Waals surface area contributed by atoms with Crippen LogP contribution >= 0.6 is 0 Å². The first-order valence-corrected chi connectivity index (χ1v) is 7.71. The van der Waals surface area contributed by atoms with E-state index in [1.807, 2.05) is 4.90 Å². The molecule has 130 valence electrons. The Morgan fingerprint density at radius 1 is 1.04 bits per heavy atom. The van der Waals surface area contributed by atoms with Gasteiger partial charge in [-0.15, -0.1) is 0 Å². The monoisotopic (exact) mass is 346 g/mol. The highest BCUT2D eigenvalue weighted by Crippen LogP contribution is 2.22. The van der Waals surface area contributed by atoms with E-state index in [1.54, 1.807) is 12.3 Å². The van der Waals surface area contributed by atoms with Crippen LogP contribution in [0.15, 0.2) is 36.7 Å². The molecule has 0 saturated carbocycles. The van der Waals surface area contributed by atoms with Crippen LogP contribution in [0.3, 0.4) is 0 Å². The van der Waals surface area contributed by atoms with E-state index in [0.29, 0.717) is 24.3 Å². The number of amides is 2. The molecule has 2 N–H and O–H groups in total. The summed E-state index contributed by atoms with van der Waals surface area (Å²) in [5.41, 5.74) is 5.73. The smallest absolute Gasteiger partial charge is 0.259 e. The number of benzene rings is 1. The number of piperazine rings is 1. The molecule has 1 saturated heterocycles. The number of pyridine rings is 1. The third kappa shape index (κ3) is 3.28. The predicted molar refractivity (Wildman–Crippen MR) is 87.2 cm³/mol. The number of carbonyl (C=O) groups is 2. The number of aromatic nitrogens is 1. The highest BCUT2D eigenvalue weighted by atomic mass is 19.1. The van der Waals surface area contributed by atoms with Gasteiger partial charge in [0.15, 0.2) is 0 Å². The van der Waals surface area contributed by atoms with Crippen molar-refractivity contribution in [1.82, 2.24) is 9.88 Å². The van der Waals surface area contributed by atoms with Gasteiger partial charge in [-0.25, -0.2) is 8.78 Å². The van der Waals surface area contributed by atoms with Crippen LogP contribution in [0.2, 0.25) is 0 Å². The van der Waals surface area contributed by atoms with Crippen molar-refractivity contribution >= 4 is 17.5 Å². The van der Waals surface area contributed by atoms with E-state index in [-0.39, 0.29) is 13.1 Å². The van der Waals surface area contributed by atoms with E-state index in [1.165, 1.54) is 17.2 Å². The third-order valence-electron chi connectivity index (χ3n) is 4.15. The number of hydrogen-bond donors (Lipinski definition) is 1. The largest absolute Gasteiger partial charge is 0.367 e. The van der Waals surface area contributed by atoms with Gasteiger partial charge in [0.05, 0.1) is 11.3 Å². The van der Waals surface area contributed by atoms with Crippen molar-refractivity contribution in [1.29, 1.82) is 0 Å². The van der Waals surface area contributed by atoms with Gasteiger partial charge in [0.2, 0.25) is 0 Å². The molecule has 2 amide bonds. The van der Waals surface area contributed by atoms with Crippen molar-refractivity contribution in [3.05, 3.63) is 59.4 Å². The summed E-state index contributed by atoms with van der Waals surface area (Å²) in [6.07, 6.45) is 2.94. The second-order valence-corrected chi connectivity index (χ2v) is 5.63. The Hall–Kier alpha value is -3.03. The quantitative estimate of drug-likeness (QED) is 0.912. The van der Waals surface area contributed by atoms with Crippen molar-refractivity contribution in [2.24, 2.45) is 5.73 Å². The number of anilines is 1. The molecule has 1 fully saturated rings. The first-order chi connectivity index (χ1) is 12.0. The van der Waals surface area contributed by atoms with Crippen molar-refractivity contribution in [3.8, 4) is 0 Å². The molecule has 0 bridgehead atoms. The summed E-state index contributed by atoms with van der Waals surface area (Å²) in [5.74, 6) is -3.02. The summed E-state index contributed by atoms with van der Waals surface area (Å²) >= 11 is 0. The number of halogens is 2. The molecule has 1 aromatic heterocycles. The average molecular weight is 346 g/mol. The maximum Gasteiger partial charge on any atom is 0.259 e. The number of rotatable bonds is 3. The molecule has 6 nitrogen and oxygen atoms in total. The van der Waals surface area contributed by atoms with Crippen molar-refractivity contribution in [2.45, 2.75) is 0 Å². The minimum absolute atomic E-state index is 0.271. The summed E-state index contributed by atoms with van der Waals surface area (Å²) in [4.78, 5) is 31.1. The summed E-state index contributed by atoms with van der Waals surface area (Å²) in [7, 11) is 0. The third-order valence-corrected chi connectivity index (χ3v) is 4.15. The lowest BCUT2D eigenvalue weighted by atomic mass is 10.1. The summed E-state index contributed by atoms with van der Waals surface area (Å²) < 4.78 is 27.6. The molecule has 3 rings (SSSR count). The molecular formula is C17H16F2N4O2. The van der Waals surface area contributed by atoms with E-state index >= 15 is 0 Å². The summed E-state index contributed by atoms with van der Waals surface area (Å²) in [6, 6.07) is 5.01. The molecule has 1 aromatic carbocycles. The van der Waals surface area contributed by atoms with Gasteiger partial charge >= 0.3 is 0 Å². The van der Waals surface area contributed by atoms with Gasteiger partial charge in [-0.3, -0.25) is 14.6 Å². The van der Waals surface area contributed by atoms with Gasteiger partial charge in [0, 0.05) is 38.6 Å². The lowest BCUT2D eigenvalue weighted by Crippen LogP contribution is -2.49. The van der Waals surface area contributed by atoms with E-state index in [4.69, 9.17) is 5.73 Å². The first-order valence-electron chi connectivity index (χ1n) is 7.71. The zero-order valence-electron chi connectivity index (χ0n) is 13.3. The lowest BCUT2D eigenvalue weighted by molar-refractivity contribution is 0.0736. The SMILES string of the molecule is NC(=O)c1cnccc1N1CCN(C(=O)c2c(F)cccc2F)CC1. The van der Waals surface area contributed by atoms with Gasteiger partial charge in [-0.2, -0.15) is 0 Å². The zero-order valence-corrected chi connectivity index (χ0v) is 13.3. The average Bonchev–Trinajstić information content (AvgIpc) is 2.61. The topological polar surface area (TPSA) is 79.5 Å². The number of nitrogens with two attached hydrogens (primary N) is 1. The number of nitrogens with zero attached hydrogens (tertiary/aromatic N) is 3. The van der Waals surface area contributed by atoms with Crippen molar-refractivity contribution in [3.63, 3.8) is 0 Å². The molecular weight excluding hydrogens is 330 g/mol. The minimum Gasteiger partial charge on any atom is -0.367 e. The molecule has 8 heteroatoms. The Bertz CT molecular complexity index is 800. The molecule has 2 aromatic rings. The second kappa shape index (κ2) is 6.84. The van der Waals surface area contributed by atoms with E-state index in [9.17, 15) is 18.4 Å². The van der Waals surface area contributed by atoms with Crippen molar-refractivity contribution < 1.29 is 18.4 Å². The van der Waals surface area contributed by atoms with Crippen LogP contribution < -0.4 is 10.6 Å². The van der Waals surface area contributed by atoms with E-state index in [0.717, 1.165) is 12.1 Å². The van der Waals surface area contributed by atoms with Crippen LogP contribution in [0, 0.1) is 11.6 Å². The number of hydrogen-bond acceptors (Lipinski definition) is 4. The van der Waals surface area contributed by atoms with Crippen molar-refractivity contribution in [2.75, 3.05) is 31.1 Å². The Labute approximate surface area is 142 Å². The van der Waals surface area contributed by atoms with Crippen LogP contribution in [0.25, 0.3) is 0 Å². The Balaban J connectivity index is 1.74. The molecule has 0 atom stereocenters. The maximum absolute atomic E-state index is 13.8. The fraction of sp³-hybridized carbons (Fsp3) is 0.235. The van der Waals surface area contributed by atoms with Crippen LogP contribution in [0.1, 0.15) is 20.7 Å². The Morgan fingerprint density at radius 2 is 1.68 bits per heavy atom. The Morgan fingerprint density at radius 3 is 2.28 bits per heavy atom. The lowest BCUT2D eigenvalue weighted by Gasteiger charge is -2.36. The first kappa shape index (κ1) is 16.8. The zero-order chi connectivity index (χ0) is 18.0. The van der Waals surface area contributed by atoms with Gasteiger partial charge in [-0.1, -0.05) is 6.07 Å². The normalized spacial score (nSPS) is 14.5. The predicted octanol–water partition coefficient (Wildman–Crippen LogP) is 1.42. The van der Waals surface area contributed by atoms with Gasteiger partial charge in [-0.05, 0) is 18.2 Å². The van der Waals surface area contributed by atoms with Gasteiger partial charge in [0.25, 0.3) is 11.8 Å². The molecule has 2 heterocycles. The molecule has 0 aliphatic carbocycles. The van der Waals surface area contributed by atoms with Crippen LogP contribution in [-0.4, -0.2) is 47.9 Å². The van der Waals surface area contributed by atoms with Gasteiger partial charge < -0.3 is 15.5 Å². The fourth-order valence-corrected chi connectivity index (χ4v) is 2.86. The summed E-state index contributed by atoms with van der Waals surface area (Å²) in [5, 5.41) is 0. The van der Waals surface area contributed by atoms with Gasteiger partial charge in [0.1, 0.15) is 17.2 Å².